The molecule has 0 bridgehead atoms. The van der Waals surface area contributed by atoms with Crippen molar-refractivity contribution in [3.63, 3.8) is 0 Å². The molecule has 0 aliphatic rings. The van der Waals surface area contributed by atoms with Gasteiger partial charge in [0.2, 0.25) is 0 Å². The van der Waals surface area contributed by atoms with E-state index in [0.29, 0.717) is 5.56 Å². The molecule has 54 valence electrons. The summed E-state index contributed by atoms with van der Waals surface area (Å²) in [7, 11) is 0. The van der Waals surface area contributed by atoms with Crippen LogP contribution in [-0.4, -0.2) is 0 Å². The zero-order chi connectivity index (χ0) is 7.40. The number of hydrogen-bond donors (Lipinski definition) is 1. The second-order valence-electron chi connectivity index (χ2n) is 1.90. The first-order valence-electron chi connectivity index (χ1n) is 2.88. The molecule has 1 aromatic rings. The summed E-state index contributed by atoms with van der Waals surface area (Å²) >= 11 is 1.17. The number of benzene rings is 1. The van der Waals surface area contributed by atoms with Crippen molar-refractivity contribution in [3.05, 3.63) is 29.8 Å². The van der Waals surface area contributed by atoms with Crippen LogP contribution in [0.1, 0.15) is 5.56 Å². The van der Waals surface area contributed by atoms with E-state index in [9.17, 15) is 4.39 Å². The molecule has 0 unspecified atom stereocenters. The van der Waals surface area contributed by atoms with Crippen LogP contribution in [0.25, 0.3) is 0 Å². The lowest BCUT2D eigenvalue weighted by Gasteiger charge is -1.95. The molecule has 0 saturated heterocycles. The summed E-state index contributed by atoms with van der Waals surface area (Å²) < 4.78 is 11.9. The fourth-order valence-corrected chi connectivity index (χ4v) is 0.950. The molecule has 0 atom stereocenters. The highest BCUT2D eigenvalue weighted by Gasteiger charge is 1.90. The van der Waals surface area contributed by atoms with Gasteiger partial charge in [0.1, 0.15) is 6.67 Å². The Morgan fingerprint density at radius 2 is 1.90 bits per heavy atom. The Hall–Kier alpha value is -0.540. The summed E-state index contributed by atoms with van der Waals surface area (Å²) in [5, 5.41) is 5.26. The first-order valence-corrected chi connectivity index (χ1v) is 3.76. The summed E-state index contributed by atoms with van der Waals surface area (Å²) in [4.78, 5) is 0.956. The summed E-state index contributed by atoms with van der Waals surface area (Å²) in [5.74, 6) is 0. The van der Waals surface area contributed by atoms with Crippen molar-refractivity contribution in [2.24, 2.45) is 5.14 Å². The van der Waals surface area contributed by atoms with Crippen molar-refractivity contribution in [2.45, 2.75) is 11.6 Å². The van der Waals surface area contributed by atoms with Crippen LogP contribution in [0, 0.1) is 0 Å². The molecular weight excluding hydrogens is 149 g/mol. The van der Waals surface area contributed by atoms with E-state index in [1.807, 2.05) is 0 Å². The molecule has 3 heteroatoms. The van der Waals surface area contributed by atoms with Crippen molar-refractivity contribution in [1.29, 1.82) is 0 Å². The summed E-state index contributed by atoms with van der Waals surface area (Å²) in [6.45, 7) is -0.407. The summed E-state index contributed by atoms with van der Waals surface area (Å²) in [6.07, 6.45) is 0. The maximum absolute atomic E-state index is 11.9. The molecule has 0 radical (unpaired) electrons. The van der Waals surface area contributed by atoms with Crippen molar-refractivity contribution >= 4 is 11.9 Å². The highest BCUT2D eigenvalue weighted by atomic mass is 32.2. The SMILES string of the molecule is NSc1ccc(CF)cc1. The second-order valence-corrected chi connectivity index (χ2v) is 2.60. The van der Waals surface area contributed by atoms with E-state index >= 15 is 0 Å². The highest BCUT2D eigenvalue weighted by Crippen LogP contribution is 2.12. The average Bonchev–Trinajstić information content (AvgIpc) is 2.05. The zero-order valence-electron chi connectivity index (χ0n) is 5.38. The lowest BCUT2D eigenvalue weighted by molar-refractivity contribution is 0.485. The molecule has 0 spiro atoms. The fourth-order valence-electron chi connectivity index (χ4n) is 0.657. The molecule has 0 fully saturated rings. The molecule has 0 saturated carbocycles. The van der Waals surface area contributed by atoms with Gasteiger partial charge in [-0.15, -0.1) is 0 Å². The maximum Gasteiger partial charge on any atom is 0.115 e. The Kier molecular flexibility index (Phi) is 2.71. The molecule has 10 heavy (non-hydrogen) atoms. The van der Waals surface area contributed by atoms with Gasteiger partial charge in [-0.1, -0.05) is 12.1 Å². The third-order valence-electron chi connectivity index (χ3n) is 1.21. The number of alkyl halides is 1. The zero-order valence-corrected chi connectivity index (χ0v) is 6.20. The van der Waals surface area contributed by atoms with E-state index in [4.69, 9.17) is 5.14 Å². The summed E-state index contributed by atoms with van der Waals surface area (Å²) in [6, 6.07) is 7.07. The average molecular weight is 157 g/mol. The molecule has 1 rings (SSSR count). The monoisotopic (exact) mass is 157 g/mol. The molecule has 1 nitrogen and oxygen atoms in total. The topological polar surface area (TPSA) is 26.0 Å². The maximum atomic E-state index is 11.9. The lowest BCUT2D eigenvalue weighted by atomic mass is 10.2. The van der Waals surface area contributed by atoms with Crippen molar-refractivity contribution in [1.82, 2.24) is 0 Å². The van der Waals surface area contributed by atoms with Gasteiger partial charge in [-0.05, 0) is 29.6 Å². The number of halogens is 1. The van der Waals surface area contributed by atoms with Crippen LogP contribution in [0.4, 0.5) is 4.39 Å². The predicted octanol–water partition coefficient (Wildman–Crippen LogP) is 2.12. The standard InChI is InChI=1S/C7H8FNS/c8-5-6-1-3-7(10-9)4-2-6/h1-4H,5,9H2. The summed E-state index contributed by atoms with van der Waals surface area (Å²) in [5.41, 5.74) is 0.692. The normalized spacial score (nSPS) is 9.80. The van der Waals surface area contributed by atoms with Crippen LogP contribution < -0.4 is 5.14 Å². The molecule has 0 aromatic heterocycles. The number of rotatable bonds is 2. The van der Waals surface area contributed by atoms with Gasteiger partial charge >= 0.3 is 0 Å². The van der Waals surface area contributed by atoms with Crippen LogP contribution >= 0.6 is 11.9 Å². The van der Waals surface area contributed by atoms with Crippen LogP contribution in [0.2, 0.25) is 0 Å². The Balaban J connectivity index is 2.80. The molecule has 1 aromatic carbocycles. The van der Waals surface area contributed by atoms with E-state index in [-0.39, 0.29) is 0 Å². The smallest absolute Gasteiger partial charge is 0.115 e. The van der Waals surface area contributed by atoms with Crippen LogP contribution in [0.5, 0.6) is 0 Å². The van der Waals surface area contributed by atoms with Crippen LogP contribution in [0.3, 0.4) is 0 Å². The quantitative estimate of drug-likeness (QED) is 0.665. The number of hydrogen-bond acceptors (Lipinski definition) is 2. The van der Waals surface area contributed by atoms with E-state index in [2.05, 4.69) is 0 Å². The molecule has 0 amide bonds. The van der Waals surface area contributed by atoms with Crippen molar-refractivity contribution < 1.29 is 4.39 Å². The Bertz CT molecular complexity index is 174. The third-order valence-corrected chi connectivity index (χ3v) is 1.76. The first-order chi connectivity index (χ1) is 4.86. The van der Waals surface area contributed by atoms with Gasteiger partial charge < -0.3 is 0 Å². The fraction of sp³-hybridized carbons (Fsp3) is 0.143. The Morgan fingerprint density at radius 1 is 1.30 bits per heavy atom. The number of nitrogens with two attached hydrogens (primary N) is 1. The van der Waals surface area contributed by atoms with Crippen LogP contribution in [-0.2, 0) is 6.67 Å². The van der Waals surface area contributed by atoms with Gasteiger partial charge in [0, 0.05) is 4.90 Å². The lowest BCUT2D eigenvalue weighted by Crippen LogP contribution is -1.80. The molecule has 0 heterocycles. The second kappa shape index (κ2) is 3.58. The first kappa shape index (κ1) is 7.57. The van der Waals surface area contributed by atoms with Gasteiger partial charge in [-0.3, -0.25) is 5.14 Å². The minimum Gasteiger partial charge on any atom is -0.274 e. The van der Waals surface area contributed by atoms with Crippen molar-refractivity contribution in [3.8, 4) is 0 Å². The van der Waals surface area contributed by atoms with Crippen LogP contribution in [0.15, 0.2) is 29.2 Å². The van der Waals surface area contributed by atoms with E-state index in [0.717, 1.165) is 4.90 Å². The Labute approximate surface area is 63.6 Å². The third kappa shape index (κ3) is 1.72. The van der Waals surface area contributed by atoms with E-state index < -0.39 is 6.67 Å². The minimum atomic E-state index is -0.407. The molecular formula is C7H8FNS. The van der Waals surface area contributed by atoms with E-state index in [1.165, 1.54) is 11.9 Å². The minimum absolute atomic E-state index is 0.407. The molecule has 0 aliphatic carbocycles. The van der Waals surface area contributed by atoms with Gasteiger partial charge in [0.05, 0.1) is 0 Å². The van der Waals surface area contributed by atoms with Gasteiger partial charge in [-0.2, -0.15) is 0 Å². The van der Waals surface area contributed by atoms with Gasteiger partial charge in [0.25, 0.3) is 0 Å². The largest absolute Gasteiger partial charge is 0.274 e. The highest BCUT2D eigenvalue weighted by molar-refractivity contribution is 7.97. The van der Waals surface area contributed by atoms with Crippen molar-refractivity contribution in [2.75, 3.05) is 0 Å². The van der Waals surface area contributed by atoms with Gasteiger partial charge in [0.15, 0.2) is 0 Å². The predicted molar refractivity (Wildman–Crippen MR) is 41.3 cm³/mol. The van der Waals surface area contributed by atoms with E-state index in [1.54, 1.807) is 24.3 Å². The Morgan fingerprint density at radius 3 is 2.30 bits per heavy atom. The molecule has 2 N–H and O–H groups in total. The molecule has 0 aliphatic heterocycles. The van der Waals surface area contributed by atoms with Gasteiger partial charge in [-0.25, -0.2) is 4.39 Å².